The maximum atomic E-state index is 10.4. The second-order valence-electron chi connectivity index (χ2n) is 9.84. The lowest BCUT2D eigenvalue weighted by atomic mass is 9.90. The zero-order valence-corrected chi connectivity index (χ0v) is 26.9. The summed E-state index contributed by atoms with van der Waals surface area (Å²) in [4.78, 5) is 15.4. The Balaban J connectivity index is 0.00000169. The fourth-order valence-corrected chi connectivity index (χ4v) is 4.63. The molecule has 0 unspecified atom stereocenters. The number of fused-ring (bicyclic) bond motifs is 2. The van der Waals surface area contributed by atoms with E-state index in [0.717, 1.165) is 51.8 Å². The molecule has 2 aliphatic rings. The summed E-state index contributed by atoms with van der Waals surface area (Å²) in [6.07, 6.45) is 27.8. The summed E-state index contributed by atoms with van der Waals surface area (Å²) in [5.74, 6) is 0.834. The number of terminal acetylenes is 1. The van der Waals surface area contributed by atoms with Crippen molar-refractivity contribution in [3.05, 3.63) is 136 Å². The number of hydrogen-bond acceptors (Lipinski definition) is 6. The summed E-state index contributed by atoms with van der Waals surface area (Å²) in [5.41, 5.74) is 11.1. The van der Waals surface area contributed by atoms with E-state index in [1.807, 2.05) is 38.1 Å². The molecule has 2 aromatic rings. The molecule has 0 aromatic heterocycles. The Kier molecular flexibility index (Phi) is 15.4. The van der Waals surface area contributed by atoms with E-state index in [2.05, 4.69) is 91.7 Å². The Morgan fingerprint density at radius 1 is 1.16 bits per heavy atom. The van der Waals surface area contributed by atoms with E-state index < -0.39 is 0 Å². The van der Waals surface area contributed by atoms with E-state index in [-0.39, 0.29) is 11.5 Å². The monoisotopic (exact) mass is 603 g/mol. The van der Waals surface area contributed by atoms with E-state index >= 15 is 0 Å². The van der Waals surface area contributed by atoms with Crippen LogP contribution in [0.1, 0.15) is 73.4 Å². The van der Waals surface area contributed by atoms with Crippen LogP contribution in [0.15, 0.2) is 112 Å². The van der Waals surface area contributed by atoms with Crippen LogP contribution in [0.4, 0.5) is 0 Å². The first-order valence-corrected chi connectivity index (χ1v) is 15.1. The van der Waals surface area contributed by atoms with Crippen molar-refractivity contribution in [1.29, 1.82) is 0 Å². The van der Waals surface area contributed by atoms with Crippen molar-refractivity contribution >= 4 is 24.6 Å². The van der Waals surface area contributed by atoms with Crippen molar-refractivity contribution < 1.29 is 15.1 Å². The summed E-state index contributed by atoms with van der Waals surface area (Å²) < 4.78 is 0. The number of aliphatic hydroxyl groups excluding tert-OH is 2. The highest BCUT2D eigenvalue weighted by Crippen LogP contribution is 2.34. The lowest BCUT2D eigenvalue weighted by molar-refractivity contribution is 0.205. The molecule has 3 N–H and O–H groups in total. The molecule has 0 amide bonds. The number of nitrogens with zero attached hydrogens (tertiary/aromatic N) is 2. The standard InChI is InChI=1S/C35H37N3O3.C2H6.C2H2/c1-5-7-13-27-19-30(23-37-33-16-10-11-17-34(33)40)35-31(24(27)3)20-29-15-9-8-14-28(29)18-26(22-38-41-35)21-36-32(12-6-2)25(4)39;2*1-2/h6-10,12-16,18-19,21,23,38-40H,2,4-5,11,17,20,22H2,1,3H3;1-2H3;1-2H/b13-7-,26-18-,32-12+,36-21+,37-23?;;. The topological polar surface area (TPSA) is 86.4 Å². The van der Waals surface area contributed by atoms with Crippen molar-refractivity contribution in [3.8, 4) is 18.6 Å². The summed E-state index contributed by atoms with van der Waals surface area (Å²) in [7, 11) is 0. The number of rotatable bonds is 8. The number of benzene rings is 2. The lowest BCUT2D eigenvalue weighted by Gasteiger charge is -2.21. The SMILES string of the molecule is C#C.C=C/C=C(/N=C/C1=C/c2ccccc2Cc2c(C)c(/C=C\CC)cc(C=NC3=C(O)CCC=C3)c2ONC1)C(=C)O.CC. The van der Waals surface area contributed by atoms with Crippen LogP contribution in [0.3, 0.4) is 0 Å². The minimum absolute atomic E-state index is 0.138. The van der Waals surface area contributed by atoms with Crippen LogP contribution in [-0.4, -0.2) is 29.2 Å². The Bertz CT molecular complexity index is 1580. The minimum atomic E-state index is -0.138. The van der Waals surface area contributed by atoms with Crippen LogP contribution in [0, 0.1) is 19.8 Å². The Morgan fingerprint density at radius 3 is 2.60 bits per heavy atom. The molecule has 0 fully saturated rings. The third kappa shape index (κ3) is 10.2. The minimum Gasteiger partial charge on any atom is -0.510 e. The first-order chi connectivity index (χ1) is 21.9. The van der Waals surface area contributed by atoms with Gasteiger partial charge in [0.2, 0.25) is 0 Å². The van der Waals surface area contributed by atoms with Crippen LogP contribution in [0.5, 0.6) is 5.75 Å². The third-order valence-electron chi connectivity index (χ3n) is 6.88. The molecule has 0 atom stereocenters. The smallest absolute Gasteiger partial charge is 0.159 e. The van der Waals surface area contributed by atoms with Gasteiger partial charge in [-0.2, -0.15) is 5.48 Å². The quantitative estimate of drug-likeness (QED) is 0.121. The van der Waals surface area contributed by atoms with Gasteiger partial charge in [-0.25, -0.2) is 0 Å². The molecular weight excluding hydrogens is 558 g/mol. The van der Waals surface area contributed by atoms with Crippen molar-refractivity contribution in [2.45, 2.75) is 53.4 Å². The van der Waals surface area contributed by atoms with Gasteiger partial charge in [0.05, 0.1) is 6.54 Å². The van der Waals surface area contributed by atoms with Gasteiger partial charge >= 0.3 is 0 Å². The molecule has 1 aliphatic heterocycles. The van der Waals surface area contributed by atoms with Gasteiger partial charge in [-0.05, 0) is 71.9 Å². The molecule has 1 aliphatic carbocycles. The first-order valence-electron chi connectivity index (χ1n) is 15.1. The van der Waals surface area contributed by atoms with Crippen molar-refractivity contribution in [1.82, 2.24) is 5.48 Å². The fraction of sp³-hybridized carbons (Fsp3) is 0.231. The van der Waals surface area contributed by atoms with Gasteiger partial charge in [0.1, 0.15) is 22.9 Å². The van der Waals surface area contributed by atoms with Crippen LogP contribution in [0.25, 0.3) is 12.2 Å². The molecule has 2 aromatic carbocycles. The number of aliphatic imine (C=N–C) groups is 2. The van der Waals surface area contributed by atoms with Crippen LogP contribution < -0.4 is 10.3 Å². The number of nitrogens with one attached hydrogen (secondary N) is 1. The highest BCUT2D eigenvalue weighted by atomic mass is 16.6. The molecule has 0 bridgehead atoms. The molecule has 45 heavy (non-hydrogen) atoms. The van der Waals surface area contributed by atoms with E-state index in [1.165, 1.54) is 0 Å². The van der Waals surface area contributed by atoms with Gasteiger partial charge in [-0.3, -0.25) is 9.98 Å². The maximum absolute atomic E-state index is 10.4. The van der Waals surface area contributed by atoms with E-state index in [0.29, 0.717) is 36.5 Å². The van der Waals surface area contributed by atoms with E-state index in [4.69, 9.17) is 4.84 Å². The molecule has 6 heteroatoms. The predicted molar refractivity (Wildman–Crippen MR) is 192 cm³/mol. The molecule has 0 saturated heterocycles. The van der Waals surface area contributed by atoms with Gasteiger partial charge < -0.3 is 15.1 Å². The average Bonchev–Trinajstić information content (AvgIpc) is 3.06. The van der Waals surface area contributed by atoms with Crippen LogP contribution in [-0.2, 0) is 6.42 Å². The van der Waals surface area contributed by atoms with Crippen LogP contribution in [0.2, 0.25) is 0 Å². The van der Waals surface area contributed by atoms with Crippen molar-refractivity contribution in [2.75, 3.05) is 6.54 Å². The molecular formula is C39H45N3O3. The summed E-state index contributed by atoms with van der Waals surface area (Å²) in [6, 6.07) is 10.3. The Labute approximate surface area is 269 Å². The molecule has 0 radical (unpaired) electrons. The molecule has 0 spiro atoms. The number of hydroxylamine groups is 1. The average molecular weight is 604 g/mol. The van der Waals surface area contributed by atoms with Crippen molar-refractivity contribution in [3.63, 3.8) is 0 Å². The van der Waals surface area contributed by atoms with E-state index in [1.54, 1.807) is 24.6 Å². The highest BCUT2D eigenvalue weighted by Gasteiger charge is 2.19. The normalized spacial score (nSPS) is 16.0. The molecule has 0 saturated carbocycles. The third-order valence-corrected chi connectivity index (χ3v) is 6.88. The van der Waals surface area contributed by atoms with E-state index in [9.17, 15) is 10.2 Å². The number of aliphatic hydroxyl groups is 2. The molecule has 234 valence electrons. The van der Waals surface area contributed by atoms with Gasteiger partial charge in [0, 0.05) is 36.4 Å². The van der Waals surface area contributed by atoms with Crippen molar-refractivity contribution in [2.24, 2.45) is 9.98 Å². The maximum Gasteiger partial charge on any atom is 0.159 e. The lowest BCUT2D eigenvalue weighted by Crippen LogP contribution is -2.24. The first kappa shape index (κ1) is 36.1. The zero-order valence-electron chi connectivity index (χ0n) is 26.9. The zero-order chi connectivity index (χ0) is 33.2. The molecule has 1 heterocycles. The van der Waals surface area contributed by atoms with Gasteiger partial charge in [-0.1, -0.05) is 82.5 Å². The predicted octanol–water partition coefficient (Wildman–Crippen LogP) is 9.32. The fourth-order valence-electron chi connectivity index (χ4n) is 4.63. The van der Waals surface area contributed by atoms with Gasteiger partial charge in [-0.15, -0.1) is 12.8 Å². The van der Waals surface area contributed by atoms with Gasteiger partial charge in [0.15, 0.2) is 5.75 Å². The summed E-state index contributed by atoms with van der Waals surface area (Å²) in [5, 5.41) is 20.2. The Hall–Kier alpha value is -5.12. The second-order valence-corrected chi connectivity index (χ2v) is 9.84. The number of allylic oxidation sites excluding steroid dienone is 6. The van der Waals surface area contributed by atoms with Crippen LogP contribution >= 0.6 is 0 Å². The summed E-state index contributed by atoms with van der Waals surface area (Å²) in [6.45, 7) is 15.8. The Morgan fingerprint density at radius 2 is 1.91 bits per heavy atom. The highest BCUT2D eigenvalue weighted by molar-refractivity contribution is 5.89. The molecule has 4 rings (SSSR count). The number of hydrogen-bond donors (Lipinski definition) is 3. The summed E-state index contributed by atoms with van der Waals surface area (Å²) >= 11 is 0. The van der Waals surface area contributed by atoms with Gasteiger partial charge in [0.25, 0.3) is 0 Å². The second kappa shape index (κ2) is 19.2. The largest absolute Gasteiger partial charge is 0.510 e. The molecule has 6 nitrogen and oxygen atoms in total.